The Morgan fingerprint density at radius 3 is 2.48 bits per heavy atom. The number of benzene rings is 1. The van der Waals surface area contributed by atoms with Crippen LogP contribution < -0.4 is 10.6 Å². The van der Waals surface area contributed by atoms with Gasteiger partial charge in [-0.3, -0.25) is 19.5 Å². The highest BCUT2D eigenvalue weighted by atomic mass is 127. The molecule has 0 spiro atoms. The highest BCUT2D eigenvalue weighted by Gasteiger charge is 2.30. The van der Waals surface area contributed by atoms with Crippen LogP contribution in [0.3, 0.4) is 0 Å². The molecule has 2 amide bonds. The van der Waals surface area contributed by atoms with Gasteiger partial charge in [0.2, 0.25) is 11.8 Å². The number of hydrogen-bond acceptors (Lipinski definition) is 3. The summed E-state index contributed by atoms with van der Waals surface area (Å²) in [4.78, 5) is 29.2. The number of hydrogen-bond donors (Lipinski definition) is 2. The molecule has 10 heteroatoms. The number of carbonyl (C=O) groups excluding carboxylic acids is 2. The first kappa shape index (κ1) is 25.2. The van der Waals surface area contributed by atoms with E-state index in [0.29, 0.717) is 37.3 Å². The van der Waals surface area contributed by atoms with E-state index in [1.165, 1.54) is 11.0 Å². The van der Waals surface area contributed by atoms with E-state index in [1.54, 1.807) is 13.0 Å². The molecule has 1 heterocycles. The third-order valence-electron chi connectivity index (χ3n) is 4.39. The zero-order valence-corrected chi connectivity index (χ0v) is 18.7. The number of likely N-dealkylation sites (tertiary alicyclic amines) is 1. The van der Waals surface area contributed by atoms with Crippen LogP contribution in [0.25, 0.3) is 0 Å². The van der Waals surface area contributed by atoms with Crippen molar-refractivity contribution in [1.82, 2.24) is 15.5 Å². The van der Waals surface area contributed by atoms with Crippen molar-refractivity contribution in [3.8, 4) is 0 Å². The number of halogens is 4. The van der Waals surface area contributed by atoms with Crippen LogP contribution in [0, 0.1) is 0 Å². The summed E-state index contributed by atoms with van der Waals surface area (Å²) in [6.45, 7) is 4.56. The van der Waals surface area contributed by atoms with Crippen molar-refractivity contribution in [2.45, 2.75) is 45.3 Å². The molecule has 6 nitrogen and oxygen atoms in total. The molecule has 162 valence electrons. The lowest BCUT2D eigenvalue weighted by Crippen LogP contribution is -2.43. The third-order valence-corrected chi connectivity index (χ3v) is 4.39. The molecule has 1 aromatic carbocycles. The zero-order chi connectivity index (χ0) is 20.7. The van der Waals surface area contributed by atoms with Gasteiger partial charge in [-0.15, -0.1) is 24.0 Å². The Labute approximate surface area is 185 Å². The van der Waals surface area contributed by atoms with Gasteiger partial charge in [0.25, 0.3) is 0 Å². The maximum absolute atomic E-state index is 12.9. The molecule has 0 saturated carbocycles. The normalized spacial score (nSPS) is 16.3. The molecular formula is C19H26F3IN4O2. The minimum atomic E-state index is -4.40. The maximum atomic E-state index is 12.9. The van der Waals surface area contributed by atoms with Crippen LogP contribution >= 0.6 is 24.0 Å². The lowest BCUT2D eigenvalue weighted by molar-refractivity contribution is -0.147. The van der Waals surface area contributed by atoms with Crippen LogP contribution in [-0.2, 0) is 15.8 Å². The monoisotopic (exact) mass is 526 g/mol. The van der Waals surface area contributed by atoms with Crippen molar-refractivity contribution in [1.29, 1.82) is 0 Å². The molecule has 1 unspecified atom stereocenters. The highest BCUT2D eigenvalue weighted by Crippen LogP contribution is 2.30. The molecule has 29 heavy (non-hydrogen) atoms. The maximum Gasteiger partial charge on any atom is 0.416 e. The summed E-state index contributed by atoms with van der Waals surface area (Å²) in [5.41, 5.74) is -0.232. The van der Waals surface area contributed by atoms with E-state index >= 15 is 0 Å². The average Bonchev–Trinajstić information content (AvgIpc) is 2.63. The van der Waals surface area contributed by atoms with Crippen LogP contribution in [0.5, 0.6) is 0 Å². The van der Waals surface area contributed by atoms with Gasteiger partial charge in [-0.2, -0.15) is 13.2 Å². The highest BCUT2D eigenvalue weighted by molar-refractivity contribution is 14.0. The molecule has 2 N–H and O–H groups in total. The van der Waals surface area contributed by atoms with Crippen molar-refractivity contribution in [3.05, 3.63) is 35.4 Å². The van der Waals surface area contributed by atoms with Gasteiger partial charge in [-0.05, 0) is 38.0 Å². The van der Waals surface area contributed by atoms with Crippen molar-refractivity contribution in [2.24, 2.45) is 4.99 Å². The minimum Gasteiger partial charge on any atom is -0.357 e. The number of amides is 2. The second-order valence-corrected chi connectivity index (χ2v) is 6.54. The molecular weight excluding hydrogens is 500 g/mol. The Morgan fingerprint density at radius 2 is 1.90 bits per heavy atom. The average molecular weight is 526 g/mol. The number of guanidine groups is 1. The Kier molecular flexibility index (Phi) is 9.87. The van der Waals surface area contributed by atoms with Crippen molar-refractivity contribution < 1.29 is 22.8 Å². The topological polar surface area (TPSA) is 73.8 Å². The van der Waals surface area contributed by atoms with Gasteiger partial charge in [0.1, 0.15) is 0 Å². The largest absolute Gasteiger partial charge is 0.416 e. The standard InChI is InChI=1S/C19H25F3N4O2.HI/c1-3-23-18(24-10-11-26-16(27)8-5-9-17(26)28)25-13(2)14-6-4-7-15(12-14)19(20,21)22;/h4,6-7,12-13H,3,5,8-11H2,1-2H3,(H2,23,24,25);1H. The van der Waals surface area contributed by atoms with Gasteiger partial charge in [-0.25, -0.2) is 0 Å². The van der Waals surface area contributed by atoms with Crippen molar-refractivity contribution in [3.63, 3.8) is 0 Å². The van der Waals surface area contributed by atoms with Gasteiger partial charge < -0.3 is 10.6 Å². The smallest absolute Gasteiger partial charge is 0.357 e. The summed E-state index contributed by atoms with van der Waals surface area (Å²) in [6.07, 6.45) is -3.10. The Balaban J connectivity index is 0.00000420. The number of nitrogens with one attached hydrogen (secondary N) is 2. The fraction of sp³-hybridized carbons (Fsp3) is 0.526. The Morgan fingerprint density at radius 1 is 1.24 bits per heavy atom. The molecule has 0 aromatic heterocycles. The lowest BCUT2D eigenvalue weighted by Gasteiger charge is -2.24. The number of aliphatic imine (C=N–C) groups is 1. The summed E-state index contributed by atoms with van der Waals surface area (Å²) in [6, 6.07) is 4.70. The van der Waals surface area contributed by atoms with E-state index in [4.69, 9.17) is 0 Å². The molecule has 0 bridgehead atoms. The number of imide groups is 1. The van der Waals surface area contributed by atoms with Crippen molar-refractivity contribution >= 4 is 41.8 Å². The molecule has 1 fully saturated rings. The summed E-state index contributed by atoms with van der Waals surface area (Å²) >= 11 is 0. The number of rotatable bonds is 6. The number of carbonyl (C=O) groups is 2. The van der Waals surface area contributed by atoms with Crippen LogP contribution in [0.2, 0.25) is 0 Å². The first-order chi connectivity index (χ1) is 13.2. The quantitative estimate of drug-likeness (QED) is 0.258. The second kappa shape index (κ2) is 11.4. The Bertz CT molecular complexity index is 724. The zero-order valence-electron chi connectivity index (χ0n) is 16.4. The molecule has 1 aliphatic rings. The third kappa shape index (κ3) is 7.48. The van der Waals surface area contributed by atoms with Crippen molar-refractivity contribution in [2.75, 3.05) is 19.6 Å². The van der Waals surface area contributed by atoms with E-state index in [-0.39, 0.29) is 48.9 Å². The Hall–Kier alpha value is -1.85. The van der Waals surface area contributed by atoms with Gasteiger partial charge >= 0.3 is 6.18 Å². The molecule has 0 radical (unpaired) electrons. The predicted molar refractivity (Wildman–Crippen MR) is 115 cm³/mol. The summed E-state index contributed by atoms with van der Waals surface area (Å²) in [5.74, 6) is 0.0211. The number of nitrogens with zero attached hydrogens (tertiary/aromatic N) is 2. The first-order valence-corrected chi connectivity index (χ1v) is 9.27. The van der Waals surface area contributed by atoms with Crippen LogP contribution in [0.15, 0.2) is 29.3 Å². The van der Waals surface area contributed by atoms with E-state index in [1.807, 2.05) is 6.92 Å². The van der Waals surface area contributed by atoms with E-state index in [2.05, 4.69) is 15.6 Å². The molecule has 2 rings (SSSR count). The predicted octanol–water partition coefficient (Wildman–Crippen LogP) is 3.48. The minimum absolute atomic E-state index is 0. The summed E-state index contributed by atoms with van der Waals surface area (Å²) in [5, 5.41) is 6.07. The fourth-order valence-corrected chi connectivity index (χ4v) is 2.90. The summed E-state index contributed by atoms with van der Waals surface area (Å²) < 4.78 is 38.7. The molecule has 1 saturated heterocycles. The molecule has 0 aliphatic carbocycles. The first-order valence-electron chi connectivity index (χ1n) is 9.27. The number of alkyl halides is 3. The van der Waals surface area contributed by atoms with Crippen LogP contribution in [0.4, 0.5) is 13.2 Å². The molecule has 1 aliphatic heterocycles. The SMILES string of the molecule is CCNC(=NCCN1C(=O)CCCC1=O)NC(C)c1cccc(C(F)(F)F)c1.I. The molecule has 1 atom stereocenters. The molecule has 1 aromatic rings. The van der Waals surface area contributed by atoms with Gasteiger partial charge in [0.15, 0.2) is 5.96 Å². The van der Waals surface area contributed by atoms with E-state index in [9.17, 15) is 22.8 Å². The lowest BCUT2D eigenvalue weighted by atomic mass is 10.1. The fourth-order valence-electron chi connectivity index (χ4n) is 2.90. The van der Waals surface area contributed by atoms with E-state index in [0.717, 1.165) is 12.1 Å². The van der Waals surface area contributed by atoms with Crippen LogP contribution in [-0.4, -0.2) is 42.3 Å². The van der Waals surface area contributed by atoms with E-state index < -0.39 is 17.8 Å². The second-order valence-electron chi connectivity index (χ2n) is 6.54. The van der Waals surface area contributed by atoms with Gasteiger partial charge in [0.05, 0.1) is 18.2 Å². The van der Waals surface area contributed by atoms with Gasteiger partial charge in [0, 0.05) is 25.9 Å². The summed E-state index contributed by atoms with van der Waals surface area (Å²) in [7, 11) is 0. The van der Waals surface area contributed by atoms with Crippen LogP contribution in [0.1, 0.15) is 50.3 Å². The number of piperidine rings is 1. The van der Waals surface area contributed by atoms with Gasteiger partial charge in [-0.1, -0.05) is 12.1 Å².